The van der Waals surface area contributed by atoms with Gasteiger partial charge >= 0.3 is 0 Å². The number of carbonyl (C=O) groups is 1. The van der Waals surface area contributed by atoms with Crippen LogP contribution in [-0.4, -0.2) is 27.2 Å². The molecule has 0 aromatic heterocycles. The Bertz CT molecular complexity index is 511. The molecule has 1 saturated carbocycles. The van der Waals surface area contributed by atoms with Crippen molar-refractivity contribution in [3.63, 3.8) is 0 Å². The second kappa shape index (κ2) is 7.49. The van der Waals surface area contributed by atoms with Crippen molar-refractivity contribution in [3.8, 4) is 11.5 Å². The van der Waals surface area contributed by atoms with Crippen LogP contribution in [-0.2, 0) is 4.79 Å². The molecule has 1 aliphatic carbocycles. The highest BCUT2D eigenvalue weighted by Crippen LogP contribution is 2.32. The van der Waals surface area contributed by atoms with E-state index < -0.39 is 0 Å². The normalized spacial score (nSPS) is 17.2. The Labute approximate surface area is 131 Å². The number of benzene rings is 1. The number of hydrogen-bond donors (Lipinski definition) is 2. The van der Waals surface area contributed by atoms with E-state index >= 15 is 0 Å². The Morgan fingerprint density at radius 1 is 1.32 bits per heavy atom. The lowest BCUT2D eigenvalue weighted by atomic mass is 9.93. The van der Waals surface area contributed by atoms with E-state index in [1.807, 2.05) is 6.92 Å². The minimum absolute atomic E-state index is 0.00700. The summed E-state index contributed by atoms with van der Waals surface area (Å²) < 4.78 is 0. The van der Waals surface area contributed by atoms with Crippen LogP contribution in [0.3, 0.4) is 0 Å². The number of rotatable bonds is 5. The molecular weight excluding hydrogens is 282 g/mol. The van der Waals surface area contributed by atoms with E-state index in [1.54, 1.807) is 6.07 Å². The van der Waals surface area contributed by atoms with E-state index in [2.05, 4.69) is 0 Å². The Morgan fingerprint density at radius 3 is 2.64 bits per heavy atom. The fraction of sp³-hybridized carbons (Fsp3) is 0.588. The van der Waals surface area contributed by atoms with Crippen LogP contribution < -0.4 is 0 Å². The van der Waals surface area contributed by atoms with Crippen LogP contribution in [0, 0.1) is 5.21 Å². The largest absolute Gasteiger partial charge is 0.756 e. The molecule has 1 fully saturated rings. The molecule has 0 aliphatic heterocycles. The third-order valence-corrected chi connectivity index (χ3v) is 4.49. The van der Waals surface area contributed by atoms with Crippen LogP contribution in [0.15, 0.2) is 18.2 Å². The molecule has 5 nitrogen and oxygen atoms in total. The van der Waals surface area contributed by atoms with E-state index in [1.165, 1.54) is 12.1 Å². The van der Waals surface area contributed by atoms with Gasteiger partial charge in [-0.2, -0.15) is 0 Å². The van der Waals surface area contributed by atoms with Gasteiger partial charge in [0.15, 0.2) is 0 Å². The van der Waals surface area contributed by atoms with Gasteiger partial charge in [0.2, 0.25) is 5.91 Å². The maximum Gasteiger partial charge on any atom is 0.212 e. The fourth-order valence-electron chi connectivity index (χ4n) is 3.07. The quantitative estimate of drug-likeness (QED) is 0.813. The van der Waals surface area contributed by atoms with Gasteiger partial charge in [-0.3, -0.25) is 4.79 Å². The minimum atomic E-state index is -0.364. The van der Waals surface area contributed by atoms with Gasteiger partial charge in [-0.1, -0.05) is 32.3 Å². The first-order valence-electron chi connectivity index (χ1n) is 8.00. The summed E-state index contributed by atoms with van der Waals surface area (Å²) in [5.74, 6) is -0.389. The Hall–Kier alpha value is -1.75. The first kappa shape index (κ1) is 16.6. The number of nitrogens with zero attached hydrogens (tertiary/aromatic N) is 1. The van der Waals surface area contributed by atoms with Crippen LogP contribution in [0.2, 0.25) is 0 Å². The molecule has 1 atom stereocenters. The van der Waals surface area contributed by atoms with Crippen LogP contribution in [0.5, 0.6) is 11.5 Å². The molecule has 0 spiro atoms. The number of phenolic OH excluding ortho intramolecular Hbond substituents is 2. The molecule has 2 N–H and O–H groups in total. The van der Waals surface area contributed by atoms with E-state index in [9.17, 15) is 20.2 Å². The first-order chi connectivity index (χ1) is 10.5. The zero-order valence-electron chi connectivity index (χ0n) is 13.0. The number of phenols is 2. The van der Waals surface area contributed by atoms with E-state index in [0.717, 1.165) is 32.1 Å². The lowest BCUT2D eigenvalue weighted by Gasteiger charge is -2.39. The predicted octanol–water partition coefficient (Wildman–Crippen LogP) is 3.64. The highest BCUT2D eigenvalue weighted by molar-refractivity contribution is 5.77. The van der Waals surface area contributed by atoms with Gasteiger partial charge in [0.25, 0.3) is 0 Å². The van der Waals surface area contributed by atoms with Crippen LogP contribution >= 0.6 is 0 Å². The van der Waals surface area contributed by atoms with Gasteiger partial charge in [0.05, 0.1) is 0 Å². The maximum atomic E-state index is 12.0. The summed E-state index contributed by atoms with van der Waals surface area (Å²) >= 11 is 0. The summed E-state index contributed by atoms with van der Waals surface area (Å²) in [6, 6.07) is 4.29. The van der Waals surface area contributed by atoms with E-state index in [4.69, 9.17) is 0 Å². The van der Waals surface area contributed by atoms with Crippen molar-refractivity contribution in [2.75, 3.05) is 0 Å². The zero-order chi connectivity index (χ0) is 16.1. The molecule has 5 heteroatoms. The zero-order valence-corrected chi connectivity index (χ0v) is 13.0. The van der Waals surface area contributed by atoms with Gasteiger partial charge in [0, 0.05) is 18.5 Å². The summed E-state index contributed by atoms with van der Waals surface area (Å²) in [6.45, 7) is 1.90. The number of carbonyl (C=O) groups excluding carboxylic acids is 1. The maximum absolute atomic E-state index is 12.0. The Kier molecular flexibility index (Phi) is 5.66. The molecule has 22 heavy (non-hydrogen) atoms. The molecule has 0 saturated heterocycles. The van der Waals surface area contributed by atoms with Crippen molar-refractivity contribution in [3.05, 3.63) is 29.0 Å². The Morgan fingerprint density at radius 2 is 2.00 bits per heavy atom. The number of hydrogen-bond acceptors (Lipinski definition) is 4. The monoisotopic (exact) mass is 306 g/mol. The average molecular weight is 306 g/mol. The number of aromatic hydroxyl groups is 2. The topological polar surface area (TPSA) is 83.8 Å². The smallest absolute Gasteiger partial charge is 0.212 e. The molecule has 122 valence electrons. The van der Waals surface area contributed by atoms with Gasteiger partial charge < -0.3 is 20.5 Å². The van der Waals surface area contributed by atoms with Gasteiger partial charge in [-0.25, -0.2) is 0 Å². The fourth-order valence-corrected chi connectivity index (χ4v) is 3.07. The average Bonchev–Trinajstić information content (AvgIpc) is 2.52. The van der Waals surface area contributed by atoms with Crippen molar-refractivity contribution < 1.29 is 15.0 Å². The van der Waals surface area contributed by atoms with Gasteiger partial charge in [-0.05, 0) is 36.8 Å². The number of hydroxylamine groups is 2. The van der Waals surface area contributed by atoms with Crippen molar-refractivity contribution >= 4 is 5.91 Å². The lowest BCUT2D eigenvalue weighted by Crippen LogP contribution is -2.36. The highest BCUT2D eigenvalue weighted by Gasteiger charge is 2.19. The number of amides is 1. The van der Waals surface area contributed by atoms with Crippen molar-refractivity contribution in [2.45, 2.75) is 63.8 Å². The summed E-state index contributed by atoms with van der Waals surface area (Å²) in [6.07, 6.45) is 5.50. The third-order valence-electron chi connectivity index (χ3n) is 4.49. The molecule has 0 bridgehead atoms. The summed E-state index contributed by atoms with van der Waals surface area (Å²) in [4.78, 5) is 12.0. The molecule has 1 aromatic rings. The molecule has 0 heterocycles. The standard InChI is InChI=1S/C17H24NO4/c1-12(15-9-8-14(19)11-16(15)20)7-10-17(21)18(22)13-5-3-2-4-6-13/h8-9,11-13,19-20H,2-7,10H2,1H3/q-1. The van der Waals surface area contributed by atoms with Crippen molar-refractivity contribution in [2.24, 2.45) is 0 Å². The van der Waals surface area contributed by atoms with E-state index in [-0.39, 0.29) is 35.8 Å². The third kappa shape index (κ3) is 4.13. The molecule has 1 amide bonds. The predicted molar refractivity (Wildman–Crippen MR) is 84.5 cm³/mol. The molecule has 1 unspecified atom stereocenters. The first-order valence-corrected chi connectivity index (χ1v) is 8.00. The van der Waals surface area contributed by atoms with Crippen molar-refractivity contribution in [1.29, 1.82) is 0 Å². The van der Waals surface area contributed by atoms with Crippen LogP contribution in [0.25, 0.3) is 0 Å². The van der Waals surface area contributed by atoms with Gasteiger partial charge in [-0.15, -0.1) is 0 Å². The molecular formula is C17H24NO4-. The molecule has 1 aromatic carbocycles. The Balaban J connectivity index is 1.87. The molecule has 0 radical (unpaired) electrons. The van der Waals surface area contributed by atoms with Crippen LogP contribution in [0.4, 0.5) is 0 Å². The van der Waals surface area contributed by atoms with Gasteiger partial charge in [0.1, 0.15) is 11.5 Å². The van der Waals surface area contributed by atoms with Crippen LogP contribution in [0.1, 0.15) is 63.4 Å². The van der Waals surface area contributed by atoms with Crippen molar-refractivity contribution in [1.82, 2.24) is 5.06 Å². The highest BCUT2D eigenvalue weighted by atomic mass is 16.5. The summed E-state index contributed by atoms with van der Waals surface area (Å²) in [5.41, 5.74) is 0.681. The minimum Gasteiger partial charge on any atom is -0.756 e. The molecule has 2 rings (SSSR count). The SMILES string of the molecule is CC(CCC(=O)N([O-])C1CCCCC1)c1ccc(O)cc1O. The second-order valence-corrected chi connectivity index (χ2v) is 6.19. The second-order valence-electron chi connectivity index (χ2n) is 6.19. The molecule has 1 aliphatic rings. The summed E-state index contributed by atoms with van der Waals surface area (Å²) in [5, 5.41) is 31.8. The summed E-state index contributed by atoms with van der Waals surface area (Å²) in [7, 11) is 0. The van der Waals surface area contributed by atoms with E-state index in [0.29, 0.717) is 17.0 Å². The lowest BCUT2D eigenvalue weighted by molar-refractivity contribution is -0.131.